The van der Waals surface area contributed by atoms with Crippen molar-refractivity contribution < 1.29 is 19.0 Å². The van der Waals surface area contributed by atoms with Gasteiger partial charge in [-0.25, -0.2) is 19.2 Å². The molecule has 2 fully saturated rings. The van der Waals surface area contributed by atoms with E-state index in [2.05, 4.69) is 25.7 Å². The van der Waals surface area contributed by atoms with Gasteiger partial charge >= 0.3 is 6.09 Å². The second-order valence-electron chi connectivity index (χ2n) is 11.4. The Bertz CT molecular complexity index is 1390. The lowest BCUT2D eigenvalue weighted by molar-refractivity contribution is -0.00348. The third-order valence-electron chi connectivity index (χ3n) is 7.43. The number of hydrogen-bond donors (Lipinski definition) is 1. The maximum Gasteiger partial charge on any atom is 0.410 e. The third-order valence-corrected chi connectivity index (χ3v) is 8.73. The molecule has 12 heteroatoms. The Kier molecular flexibility index (Phi) is 7.25. The van der Waals surface area contributed by atoms with Gasteiger partial charge < -0.3 is 29.1 Å². The summed E-state index contributed by atoms with van der Waals surface area (Å²) in [5, 5.41) is 11.0. The monoisotopic (exact) mass is 610 g/mol. The lowest BCUT2D eigenvalue weighted by Crippen LogP contribution is -2.57. The average Bonchev–Trinajstić information content (AvgIpc) is 3.26. The van der Waals surface area contributed by atoms with E-state index in [9.17, 15) is 9.90 Å². The highest BCUT2D eigenvalue weighted by Gasteiger charge is 2.37. The van der Waals surface area contributed by atoms with Gasteiger partial charge in [-0.05, 0) is 69.7 Å². The number of likely N-dealkylation sites (N-methyl/N-ethyl adjacent to an activating group) is 1. The number of benzene rings is 1. The number of anilines is 1. The average molecular weight is 612 g/mol. The summed E-state index contributed by atoms with van der Waals surface area (Å²) in [6.45, 7) is 7.22. The van der Waals surface area contributed by atoms with Crippen LogP contribution in [0.4, 0.5) is 15.0 Å². The molecule has 0 spiro atoms. The van der Waals surface area contributed by atoms with Crippen LogP contribution >= 0.6 is 27.5 Å². The molecule has 4 heterocycles. The third kappa shape index (κ3) is 4.82. The lowest BCUT2D eigenvalue weighted by Gasteiger charge is -2.43. The molecule has 2 aliphatic rings. The fraction of sp³-hybridized carbons (Fsp3) is 0.577. The molecule has 1 aromatic carbocycles. The van der Waals surface area contributed by atoms with Crippen LogP contribution in [-0.4, -0.2) is 93.6 Å². The highest BCUT2D eigenvalue weighted by Crippen LogP contribution is 2.41. The van der Waals surface area contributed by atoms with Crippen LogP contribution < -0.4 is 4.90 Å². The molecule has 38 heavy (non-hydrogen) atoms. The topological polar surface area (TPSA) is 87.0 Å². The summed E-state index contributed by atoms with van der Waals surface area (Å²) in [7, 11) is 4.08. The number of imidazole rings is 1. The van der Waals surface area contributed by atoms with Gasteiger partial charge in [-0.3, -0.25) is 0 Å². The minimum Gasteiger partial charge on any atom is -0.444 e. The molecule has 2 saturated heterocycles. The number of amides is 1. The molecule has 0 saturated carbocycles. The zero-order valence-corrected chi connectivity index (χ0v) is 24.6. The molecule has 2 aromatic heterocycles. The van der Waals surface area contributed by atoms with Crippen molar-refractivity contribution in [3.05, 3.63) is 27.7 Å². The van der Waals surface area contributed by atoms with E-state index >= 15 is 4.39 Å². The van der Waals surface area contributed by atoms with Crippen molar-refractivity contribution >= 4 is 61.4 Å². The number of piperidine rings is 1. The number of aliphatic hydroxyl groups is 1. The highest BCUT2D eigenvalue weighted by molar-refractivity contribution is 9.10. The predicted molar refractivity (Wildman–Crippen MR) is 149 cm³/mol. The first kappa shape index (κ1) is 27.4. The van der Waals surface area contributed by atoms with E-state index in [0.717, 1.165) is 18.6 Å². The van der Waals surface area contributed by atoms with Crippen molar-refractivity contribution in [2.75, 3.05) is 45.2 Å². The fourth-order valence-corrected chi connectivity index (χ4v) is 5.79. The smallest absolute Gasteiger partial charge is 0.410 e. The summed E-state index contributed by atoms with van der Waals surface area (Å²) in [6, 6.07) is 1.61. The molecule has 0 radical (unpaired) electrons. The quantitative estimate of drug-likeness (QED) is 0.423. The van der Waals surface area contributed by atoms with Gasteiger partial charge in [0.1, 0.15) is 16.6 Å². The maximum absolute atomic E-state index is 15.5. The summed E-state index contributed by atoms with van der Waals surface area (Å²) in [4.78, 5) is 28.2. The van der Waals surface area contributed by atoms with Gasteiger partial charge in [-0.2, -0.15) is 0 Å². The fourth-order valence-electron chi connectivity index (χ4n) is 5.29. The van der Waals surface area contributed by atoms with Gasteiger partial charge in [0.2, 0.25) is 0 Å². The van der Waals surface area contributed by atoms with E-state index in [1.54, 1.807) is 17.3 Å². The number of aliphatic hydroxyl groups excluding tert-OH is 1. The first-order chi connectivity index (χ1) is 17.9. The second-order valence-corrected chi connectivity index (χ2v) is 12.6. The van der Waals surface area contributed by atoms with Crippen molar-refractivity contribution in [3.63, 3.8) is 0 Å². The highest BCUT2D eigenvalue weighted by atomic mass is 79.9. The van der Waals surface area contributed by atoms with Gasteiger partial charge in [0.05, 0.1) is 34.0 Å². The van der Waals surface area contributed by atoms with Crippen molar-refractivity contribution in [1.29, 1.82) is 0 Å². The molecular weight excluding hydrogens is 579 g/mol. The first-order valence-electron chi connectivity index (χ1n) is 12.7. The minimum atomic E-state index is -0.628. The van der Waals surface area contributed by atoms with Gasteiger partial charge in [-0.15, -0.1) is 0 Å². The molecule has 3 aromatic rings. The van der Waals surface area contributed by atoms with Crippen LogP contribution in [0, 0.1) is 5.82 Å². The molecule has 1 amide bonds. The maximum atomic E-state index is 15.5. The zero-order valence-electron chi connectivity index (χ0n) is 22.2. The molecule has 206 valence electrons. The number of hydrogen-bond acceptors (Lipinski definition) is 7. The Labute approximate surface area is 234 Å². The Morgan fingerprint density at radius 2 is 2.03 bits per heavy atom. The van der Waals surface area contributed by atoms with Crippen molar-refractivity contribution in [3.8, 4) is 0 Å². The summed E-state index contributed by atoms with van der Waals surface area (Å²) < 4.78 is 23.3. The van der Waals surface area contributed by atoms with Crippen molar-refractivity contribution in [2.24, 2.45) is 0 Å². The Balaban J connectivity index is 1.57. The van der Waals surface area contributed by atoms with Gasteiger partial charge in [0.25, 0.3) is 0 Å². The standard InChI is InChI=1S/C26H33BrClFN6O3/c1-26(2,3)38-25(37)34-7-6-14(8-15(34)12-36)35-13-30-22-23(35)17-9-18(28)19(27)20(29)21(17)31-24(22)33-10-16(11-33)32(4)5/h9,13-16,36H,6-8,10-12H2,1-5H3/t14-,15-/m0/s1. The van der Waals surface area contributed by atoms with Crippen LogP contribution in [0.1, 0.15) is 39.7 Å². The largest absolute Gasteiger partial charge is 0.444 e. The van der Waals surface area contributed by atoms with Crippen LogP contribution in [-0.2, 0) is 4.74 Å². The normalized spacial score (nSPS) is 21.0. The molecular formula is C26H33BrClFN6O3. The molecule has 1 N–H and O–H groups in total. The molecule has 0 aliphatic carbocycles. The van der Waals surface area contributed by atoms with Crippen molar-refractivity contribution in [2.45, 2.75) is 57.3 Å². The SMILES string of the molecule is CN(C)C1CN(c2nc3c(F)c(Br)c(Cl)cc3c3c2ncn3[C@H]2CCN(C(=O)OC(C)(C)C)[C@H](CO)C2)C1. The molecule has 0 bridgehead atoms. The number of likely N-dealkylation sites (tertiary alicyclic amines) is 1. The van der Waals surface area contributed by atoms with Crippen LogP contribution in [0.3, 0.4) is 0 Å². The number of fused-ring (bicyclic) bond motifs is 3. The molecule has 0 unspecified atom stereocenters. The number of ether oxygens (including phenoxy) is 1. The van der Waals surface area contributed by atoms with E-state index in [0.29, 0.717) is 42.1 Å². The van der Waals surface area contributed by atoms with Gasteiger partial charge in [-0.1, -0.05) is 11.6 Å². The van der Waals surface area contributed by atoms with E-state index in [1.807, 2.05) is 39.4 Å². The van der Waals surface area contributed by atoms with Gasteiger partial charge in [0.15, 0.2) is 11.6 Å². The Morgan fingerprint density at radius 1 is 1.32 bits per heavy atom. The van der Waals surface area contributed by atoms with Crippen molar-refractivity contribution in [1.82, 2.24) is 24.3 Å². The molecule has 5 rings (SSSR count). The number of pyridine rings is 1. The number of nitrogens with zero attached hydrogens (tertiary/aromatic N) is 6. The van der Waals surface area contributed by atoms with E-state index < -0.39 is 23.6 Å². The summed E-state index contributed by atoms with van der Waals surface area (Å²) in [5.74, 6) is 0.128. The Morgan fingerprint density at radius 3 is 2.66 bits per heavy atom. The first-order valence-corrected chi connectivity index (χ1v) is 13.9. The summed E-state index contributed by atoms with van der Waals surface area (Å²) in [5.41, 5.74) is 1.03. The molecule has 9 nitrogen and oxygen atoms in total. The number of carbonyl (C=O) groups excluding carboxylic acids is 1. The predicted octanol–water partition coefficient (Wildman–Crippen LogP) is 4.82. The Hall–Kier alpha value is -2.21. The van der Waals surface area contributed by atoms with Crippen LogP contribution in [0.5, 0.6) is 0 Å². The second kappa shape index (κ2) is 10.1. The number of carbonyl (C=O) groups is 1. The van der Waals surface area contributed by atoms with E-state index in [4.69, 9.17) is 26.3 Å². The summed E-state index contributed by atoms with van der Waals surface area (Å²) >= 11 is 9.66. The van der Waals surface area contributed by atoms with Crippen LogP contribution in [0.15, 0.2) is 16.9 Å². The van der Waals surface area contributed by atoms with Gasteiger partial charge in [0, 0.05) is 37.1 Å². The molecule has 2 aliphatic heterocycles. The van der Waals surface area contributed by atoms with Crippen LogP contribution in [0.25, 0.3) is 21.9 Å². The zero-order chi connectivity index (χ0) is 27.5. The van der Waals surface area contributed by atoms with E-state index in [1.165, 1.54) is 0 Å². The van der Waals surface area contributed by atoms with Crippen LogP contribution in [0.2, 0.25) is 5.02 Å². The lowest BCUT2D eigenvalue weighted by atomic mass is 9.97. The number of aromatic nitrogens is 3. The minimum absolute atomic E-state index is 0.0781. The number of rotatable bonds is 4. The summed E-state index contributed by atoms with van der Waals surface area (Å²) in [6.07, 6.45) is 2.45. The molecule has 2 atom stereocenters. The number of halogens is 3. The van der Waals surface area contributed by atoms with E-state index in [-0.39, 0.29) is 27.7 Å².